The summed E-state index contributed by atoms with van der Waals surface area (Å²) in [5.74, 6) is -2.86. The fraction of sp³-hybridized carbons (Fsp3) is 0.300. The standard InChI is InChI=1S/C20H20F3N3O2/c21-14-4-6-15(7-5-14)25-20(28)26-10-8-13(9-11-26)12-24-19(27)18-16(22)2-1-3-17(18)23/h1-7,13H,8-12H2,(H,24,27)(H,25,28). The number of benzene rings is 2. The van der Waals surface area contributed by atoms with Crippen molar-refractivity contribution in [3.8, 4) is 0 Å². The zero-order valence-corrected chi connectivity index (χ0v) is 15.1. The van der Waals surface area contributed by atoms with Crippen molar-refractivity contribution in [1.29, 1.82) is 0 Å². The van der Waals surface area contributed by atoms with Crippen LogP contribution in [0.25, 0.3) is 0 Å². The molecule has 2 N–H and O–H groups in total. The second-order valence-corrected chi connectivity index (χ2v) is 6.67. The lowest BCUT2D eigenvalue weighted by Crippen LogP contribution is -2.43. The maximum Gasteiger partial charge on any atom is 0.321 e. The molecule has 0 spiro atoms. The zero-order chi connectivity index (χ0) is 20.1. The number of carbonyl (C=O) groups is 2. The molecule has 2 aromatic rings. The van der Waals surface area contributed by atoms with E-state index in [1.54, 1.807) is 4.90 Å². The smallest absolute Gasteiger partial charge is 0.321 e. The van der Waals surface area contributed by atoms with Crippen LogP contribution < -0.4 is 10.6 Å². The van der Waals surface area contributed by atoms with Gasteiger partial charge in [-0.05, 0) is 55.2 Å². The fourth-order valence-electron chi connectivity index (χ4n) is 3.12. The summed E-state index contributed by atoms with van der Waals surface area (Å²) in [6.45, 7) is 1.25. The number of hydrogen-bond acceptors (Lipinski definition) is 2. The third-order valence-electron chi connectivity index (χ3n) is 4.74. The van der Waals surface area contributed by atoms with Crippen LogP contribution in [0.4, 0.5) is 23.7 Å². The predicted octanol–water partition coefficient (Wildman–Crippen LogP) is 3.78. The molecule has 1 aliphatic heterocycles. The van der Waals surface area contributed by atoms with Gasteiger partial charge in [-0.1, -0.05) is 6.07 Å². The predicted molar refractivity (Wildman–Crippen MR) is 98.4 cm³/mol. The van der Waals surface area contributed by atoms with Crippen molar-refractivity contribution in [3.63, 3.8) is 0 Å². The molecule has 5 nitrogen and oxygen atoms in total. The van der Waals surface area contributed by atoms with E-state index in [1.807, 2.05) is 0 Å². The van der Waals surface area contributed by atoms with Crippen LogP contribution in [0.1, 0.15) is 23.2 Å². The quantitative estimate of drug-likeness (QED) is 0.833. The Balaban J connectivity index is 1.45. The number of rotatable bonds is 4. The number of urea groups is 1. The van der Waals surface area contributed by atoms with Gasteiger partial charge in [0.05, 0.1) is 0 Å². The molecule has 1 heterocycles. The van der Waals surface area contributed by atoms with Crippen molar-refractivity contribution in [1.82, 2.24) is 10.2 Å². The van der Waals surface area contributed by atoms with Crippen LogP contribution in [0.15, 0.2) is 42.5 Å². The Morgan fingerprint density at radius 1 is 0.964 bits per heavy atom. The van der Waals surface area contributed by atoms with Crippen LogP contribution in [-0.4, -0.2) is 36.5 Å². The maximum atomic E-state index is 13.6. The topological polar surface area (TPSA) is 61.4 Å². The minimum absolute atomic E-state index is 0.105. The van der Waals surface area contributed by atoms with Crippen LogP contribution in [0, 0.1) is 23.4 Å². The van der Waals surface area contributed by atoms with E-state index in [1.165, 1.54) is 30.3 Å². The summed E-state index contributed by atoms with van der Waals surface area (Å²) in [5, 5.41) is 5.27. The SMILES string of the molecule is O=C(NCC1CCN(C(=O)Nc2ccc(F)cc2)CC1)c1c(F)cccc1F. The molecule has 0 aliphatic carbocycles. The van der Waals surface area contributed by atoms with Gasteiger partial charge in [-0.3, -0.25) is 4.79 Å². The van der Waals surface area contributed by atoms with Crippen molar-refractivity contribution in [3.05, 3.63) is 65.5 Å². The third kappa shape index (κ3) is 4.82. The van der Waals surface area contributed by atoms with Gasteiger partial charge in [0.25, 0.3) is 5.91 Å². The van der Waals surface area contributed by atoms with E-state index in [2.05, 4.69) is 10.6 Å². The van der Waals surface area contributed by atoms with Gasteiger partial charge in [-0.25, -0.2) is 18.0 Å². The second-order valence-electron chi connectivity index (χ2n) is 6.67. The average molecular weight is 391 g/mol. The van der Waals surface area contributed by atoms with E-state index in [4.69, 9.17) is 0 Å². The van der Waals surface area contributed by atoms with Gasteiger partial charge in [-0.15, -0.1) is 0 Å². The van der Waals surface area contributed by atoms with Crippen LogP contribution in [-0.2, 0) is 0 Å². The minimum atomic E-state index is -0.898. The Hall–Kier alpha value is -3.03. The first-order valence-corrected chi connectivity index (χ1v) is 8.97. The van der Waals surface area contributed by atoms with Crippen molar-refractivity contribution in [2.45, 2.75) is 12.8 Å². The summed E-state index contributed by atoms with van der Waals surface area (Å²) in [6, 6.07) is 8.50. The normalized spacial score (nSPS) is 14.6. The lowest BCUT2D eigenvalue weighted by molar-refractivity contribution is 0.0930. The van der Waals surface area contributed by atoms with Crippen LogP contribution in [0.2, 0.25) is 0 Å². The molecule has 0 radical (unpaired) electrons. The van der Waals surface area contributed by atoms with Crippen molar-refractivity contribution >= 4 is 17.6 Å². The van der Waals surface area contributed by atoms with Gasteiger partial charge in [-0.2, -0.15) is 0 Å². The van der Waals surface area contributed by atoms with E-state index in [0.717, 1.165) is 12.1 Å². The second kappa shape index (κ2) is 8.77. The number of nitrogens with zero attached hydrogens (tertiary/aromatic N) is 1. The Morgan fingerprint density at radius 3 is 2.18 bits per heavy atom. The summed E-state index contributed by atoms with van der Waals surface area (Å²) >= 11 is 0. The largest absolute Gasteiger partial charge is 0.352 e. The summed E-state index contributed by atoms with van der Waals surface area (Å²) < 4.78 is 40.2. The first-order chi connectivity index (χ1) is 13.4. The summed E-state index contributed by atoms with van der Waals surface area (Å²) in [6.07, 6.45) is 1.30. The summed E-state index contributed by atoms with van der Waals surface area (Å²) in [4.78, 5) is 25.9. The zero-order valence-electron chi connectivity index (χ0n) is 15.1. The molecule has 0 aromatic heterocycles. The number of amides is 3. The van der Waals surface area contributed by atoms with Gasteiger partial charge in [0, 0.05) is 25.3 Å². The molecule has 3 amide bonds. The molecule has 1 aliphatic rings. The molecule has 148 valence electrons. The highest BCUT2D eigenvalue weighted by Crippen LogP contribution is 2.19. The van der Waals surface area contributed by atoms with Crippen LogP contribution >= 0.6 is 0 Å². The van der Waals surface area contributed by atoms with E-state index < -0.39 is 23.1 Å². The highest BCUT2D eigenvalue weighted by atomic mass is 19.1. The number of halogens is 3. The number of anilines is 1. The number of likely N-dealkylation sites (tertiary alicyclic amines) is 1. The van der Waals surface area contributed by atoms with E-state index >= 15 is 0 Å². The fourth-order valence-corrected chi connectivity index (χ4v) is 3.12. The van der Waals surface area contributed by atoms with Gasteiger partial charge in [0.2, 0.25) is 0 Å². The molecule has 1 saturated heterocycles. The Labute approximate surface area is 160 Å². The maximum absolute atomic E-state index is 13.6. The first kappa shape index (κ1) is 19.7. The number of nitrogens with one attached hydrogen (secondary N) is 2. The summed E-state index contributed by atoms with van der Waals surface area (Å²) in [5.41, 5.74) is -0.0775. The van der Waals surface area contributed by atoms with Gasteiger partial charge in [0.1, 0.15) is 23.0 Å². The monoisotopic (exact) mass is 391 g/mol. The van der Waals surface area contributed by atoms with Crippen molar-refractivity contribution in [2.75, 3.05) is 25.0 Å². The highest BCUT2D eigenvalue weighted by molar-refractivity contribution is 5.94. The van der Waals surface area contributed by atoms with E-state index in [-0.39, 0.29) is 24.3 Å². The highest BCUT2D eigenvalue weighted by Gasteiger charge is 2.24. The lowest BCUT2D eigenvalue weighted by Gasteiger charge is -2.32. The Kier molecular flexibility index (Phi) is 6.18. The van der Waals surface area contributed by atoms with Crippen LogP contribution in [0.3, 0.4) is 0 Å². The van der Waals surface area contributed by atoms with Crippen molar-refractivity contribution in [2.24, 2.45) is 5.92 Å². The third-order valence-corrected chi connectivity index (χ3v) is 4.74. The molecule has 0 unspecified atom stereocenters. The molecule has 0 atom stereocenters. The Morgan fingerprint density at radius 2 is 1.57 bits per heavy atom. The minimum Gasteiger partial charge on any atom is -0.352 e. The van der Waals surface area contributed by atoms with E-state index in [0.29, 0.717) is 31.6 Å². The molecule has 3 rings (SSSR count). The van der Waals surface area contributed by atoms with Gasteiger partial charge >= 0.3 is 6.03 Å². The molecule has 2 aromatic carbocycles. The molecular formula is C20H20F3N3O2. The number of hydrogen-bond donors (Lipinski definition) is 2. The number of carbonyl (C=O) groups excluding carboxylic acids is 2. The van der Waals surface area contributed by atoms with Gasteiger partial charge in [0.15, 0.2) is 0 Å². The lowest BCUT2D eigenvalue weighted by atomic mass is 9.97. The molecular weight excluding hydrogens is 371 g/mol. The molecule has 0 saturated carbocycles. The summed E-state index contributed by atoms with van der Waals surface area (Å²) in [7, 11) is 0. The average Bonchev–Trinajstić information content (AvgIpc) is 2.68. The van der Waals surface area contributed by atoms with Gasteiger partial charge < -0.3 is 15.5 Å². The Bertz CT molecular complexity index is 830. The molecule has 1 fully saturated rings. The van der Waals surface area contributed by atoms with E-state index in [9.17, 15) is 22.8 Å². The first-order valence-electron chi connectivity index (χ1n) is 8.97. The van der Waals surface area contributed by atoms with Crippen molar-refractivity contribution < 1.29 is 22.8 Å². The number of piperidine rings is 1. The molecule has 28 heavy (non-hydrogen) atoms. The van der Waals surface area contributed by atoms with Crippen LogP contribution in [0.5, 0.6) is 0 Å². The molecule has 8 heteroatoms. The molecule has 0 bridgehead atoms.